The van der Waals surface area contributed by atoms with Gasteiger partial charge in [-0.05, 0) is 62.3 Å². The molecule has 3 aliphatic heterocycles. The number of hydrogen-bond donors (Lipinski definition) is 0. The van der Waals surface area contributed by atoms with Crippen molar-refractivity contribution < 1.29 is 14.3 Å². The molecule has 0 aliphatic carbocycles. The van der Waals surface area contributed by atoms with Crippen LogP contribution in [-0.2, 0) is 17.6 Å². The molecule has 4 rings (SSSR count). The van der Waals surface area contributed by atoms with E-state index in [-0.39, 0.29) is 18.4 Å². The lowest BCUT2D eigenvalue weighted by Gasteiger charge is -2.39. The molecule has 32 heavy (non-hydrogen) atoms. The molecule has 2 fully saturated rings. The van der Waals surface area contributed by atoms with Gasteiger partial charge in [-0.15, -0.1) is 12.4 Å². The number of fused-ring (bicyclic) bond motifs is 1. The van der Waals surface area contributed by atoms with Gasteiger partial charge < -0.3 is 24.2 Å². The van der Waals surface area contributed by atoms with Crippen molar-refractivity contribution in [1.29, 1.82) is 0 Å². The first-order valence-electron chi connectivity index (χ1n) is 12.2. The molecule has 0 bridgehead atoms. The zero-order valence-electron chi connectivity index (χ0n) is 19.8. The second kappa shape index (κ2) is 12.1. The molecule has 180 valence electrons. The molecule has 0 aromatic heterocycles. The Hall–Kier alpha value is -1.50. The number of hydrogen-bond acceptors (Lipinski definition) is 4. The maximum Gasteiger partial charge on any atom is 0.320 e. The van der Waals surface area contributed by atoms with Gasteiger partial charge in [-0.25, -0.2) is 4.79 Å². The maximum absolute atomic E-state index is 12.8. The Balaban J connectivity index is 0.00000289. The summed E-state index contributed by atoms with van der Waals surface area (Å²) in [6.45, 7) is 12.3. The summed E-state index contributed by atoms with van der Waals surface area (Å²) in [7, 11) is 0. The zero-order valence-corrected chi connectivity index (χ0v) is 20.6. The van der Waals surface area contributed by atoms with Gasteiger partial charge in [0.15, 0.2) is 0 Å². The van der Waals surface area contributed by atoms with Gasteiger partial charge in [0.2, 0.25) is 0 Å². The number of halogens is 1. The molecule has 0 saturated carbocycles. The molecule has 7 heteroatoms. The first-order chi connectivity index (χ1) is 15.1. The van der Waals surface area contributed by atoms with E-state index in [1.165, 1.54) is 17.5 Å². The summed E-state index contributed by atoms with van der Waals surface area (Å²) < 4.78 is 11.1. The largest absolute Gasteiger partial charge is 0.493 e. The fourth-order valence-corrected chi connectivity index (χ4v) is 5.18. The molecule has 0 N–H and O–H groups in total. The monoisotopic (exact) mass is 465 g/mol. The Morgan fingerprint density at radius 2 is 1.84 bits per heavy atom. The van der Waals surface area contributed by atoms with E-state index in [2.05, 4.69) is 41.8 Å². The lowest BCUT2D eigenvalue weighted by atomic mass is 9.94. The summed E-state index contributed by atoms with van der Waals surface area (Å²) >= 11 is 0. The number of carbonyl (C=O) groups excluding carboxylic acids is 1. The van der Waals surface area contributed by atoms with E-state index in [9.17, 15) is 4.79 Å². The first-order valence-corrected chi connectivity index (χ1v) is 12.2. The van der Waals surface area contributed by atoms with Crippen molar-refractivity contribution in [3.05, 3.63) is 29.3 Å². The smallest absolute Gasteiger partial charge is 0.320 e. The van der Waals surface area contributed by atoms with Gasteiger partial charge in [0, 0.05) is 45.2 Å². The summed E-state index contributed by atoms with van der Waals surface area (Å²) in [6.07, 6.45) is 5.49. The van der Waals surface area contributed by atoms with Crippen LogP contribution in [0.5, 0.6) is 5.75 Å². The number of ether oxygens (including phenoxy) is 2. The van der Waals surface area contributed by atoms with E-state index in [1.807, 2.05) is 4.90 Å². The fraction of sp³-hybridized carbons (Fsp3) is 0.720. The predicted octanol–water partition coefficient (Wildman–Crippen LogP) is 3.85. The van der Waals surface area contributed by atoms with Gasteiger partial charge in [-0.2, -0.15) is 0 Å². The molecular weight excluding hydrogens is 426 g/mol. The van der Waals surface area contributed by atoms with Crippen LogP contribution in [0.15, 0.2) is 18.2 Å². The minimum absolute atomic E-state index is 0. The number of nitrogens with zero attached hydrogens (tertiary/aromatic N) is 3. The molecule has 2 saturated heterocycles. The van der Waals surface area contributed by atoms with Gasteiger partial charge in [0.1, 0.15) is 5.75 Å². The third kappa shape index (κ3) is 6.30. The zero-order chi connectivity index (χ0) is 21.6. The molecule has 3 heterocycles. The topological polar surface area (TPSA) is 45.2 Å². The SMILES string of the molecule is CCCN(CC1CCN(C(=O)N2CCOCC2)CC1)C(C)Cc1ccc2c(c1)OCC2.Cl. The quantitative estimate of drug-likeness (QED) is 0.613. The van der Waals surface area contributed by atoms with Gasteiger partial charge >= 0.3 is 6.03 Å². The fourth-order valence-electron chi connectivity index (χ4n) is 5.18. The minimum Gasteiger partial charge on any atom is -0.493 e. The van der Waals surface area contributed by atoms with Crippen LogP contribution in [0.1, 0.15) is 44.2 Å². The van der Waals surface area contributed by atoms with E-state index in [0.717, 1.165) is 77.3 Å². The first kappa shape index (κ1) is 25.1. The highest BCUT2D eigenvalue weighted by Gasteiger charge is 2.29. The highest BCUT2D eigenvalue weighted by Crippen LogP contribution is 2.27. The second-order valence-corrected chi connectivity index (χ2v) is 9.40. The van der Waals surface area contributed by atoms with E-state index in [0.29, 0.717) is 25.2 Å². The van der Waals surface area contributed by atoms with Crippen molar-refractivity contribution in [3.63, 3.8) is 0 Å². The summed E-state index contributed by atoms with van der Waals surface area (Å²) in [5.41, 5.74) is 2.72. The van der Waals surface area contributed by atoms with Crippen molar-refractivity contribution in [2.75, 3.05) is 59.1 Å². The van der Waals surface area contributed by atoms with Crippen LogP contribution in [-0.4, -0.2) is 85.9 Å². The number of likely N-dealkylation sites (tertiary alicyclic amines) is 1. The van der Waals surface area contributed by atoms with Crippen molar-refractivity contribution in [3.8, 4) is 5.75 Å². The second-order valence-electron chi connectivity index (χ2n) is 9.40. The van der Waals surface area contributed by atoms with Crippen LogP contribution in [0.25, 0.3) is 0 Å². The highest BCUT2D eigenvalue weighted by molar-refractivity contribution is 5.85. The predicted molar refractivity (Wildman–Crippen MR) is 130 cm³/mol. The lowest BCUT2D eigenvalue weighted by Crippen LogP contribution is -2.51. The summed E-state index contributed by atoms with van der Waals surface area (Å²) in [6, 6.07) is 7.49. The highest BCUT2D eigenvalue weighted by atomic mass is 35.5. The van der Waals surface area contributed by atoms with E-state index in [1.54, 1.807) is 0 Å². The number of carbonyl (C=O) groups is 1. The summed E-state index contributed by atoms with van der Waals surface area (Å²) in [4.78, 5) is 19.4. The number of benzene rings is 1. The number of morpholine rings is 1. The van der Waals surface area contributed by atoms with Gasteiger partial charge in [-0.1, -0.05) is 19.1 Å². The Morgan fingerprint density at radius 1 is 1.12 bits per heavy atom. The third-order valence-corrected chi connectivity index (χ3v) is 7.09. The number of amides is 2. The molecule has 2 amide bonds. The van der Waals surface area contributed by atoms with E-state index in [4.69, 9.17) is 9.47 Å². The van der Waals surface area contributed by atoms with Crippen LogP contribution in [0, 0.1) is 5.92 Å². The molecule has 1 atom stereocenters. The maximum atomic E-state index is 12.8. The number of piperidine rings is 1. The summed E-state index contributed by atoms with van der Waals surface area (Å²) in [5.74, 6) is 1.76. The van der Waals surface area contributed by atoms with Crippen molar-refractivity contribution in [2.24, 2.45) is 5.92 Å². The van der Waals surface area contributed by atoms with Crippen molar-refractivity contribution in [2.45, 2.75) is 52.0 Å². The molecule has 6 nitrogen and oxygen atoms in total. The molecule has 1 unspecified atom stereocenters. The van der Waals surface area contributed by atoms with Gasteiger partial charge in [-0.3, -0.25) is 0 Å². The van der Waals surface area contributed by atoms with Crippen molar-refractivity contribution >= 4 is 18.4 Å². The van der Waals surface area contributed by atoms with E-state index >= 15 is 0 Å². The van der Waals surface area contributed by atoms with E-state index < -0.39 is 0 Å². The van der Waals surface area contributed by atoms with Crippen LogP contribution in [0.3, 0.4) is 0 Å². The summed E-state index contributed by atoms with van der Waals surface area (Å²) in [5, 5.41) is 0. The van der Waals surface area contributed by atoms with Crippen molar-refractivity contribution in [1.82, 2.24) is 14.7 Å². The lowest BCUT2D eigenvalue weighted by molar-refractivity contribution is 0.0386. The molecule has 0 radical (unpaired) electrons. The average Bonchev–Trinajstić information content (AvgIpc) is 3.27. The number of rotatable bonds is 7. The Kier molecular flexibility index (Phi) is 9.50. The molecule has 1 aromatic rings. The molecule has 1 aromatic carbocycles. The normalized spacial score (nSPS) is 20.0. The van der Waals surface area contributed by atoms with Crippen LogP contribution in [0.4, 0.5) is 4.79 Å². The van der Waals surface area contributed by atoms with Crippen LogP contribution >= 0.6 is 12.4 Å². The Morgan fingerprint density at radius 3 is 2.56 bits per heavy atom. The molecule has 3 aliphatic rings. The van der Waals surface area contributed by atoms with Gasteiger partial charge in [0.25, 0.3) is 0 Å². The van der Waals surface area contributed by atoms with Crippen LogP contribution < -0.4 is 4.74 Å². The Bertz CT molecular complexity index is 733. The Labute approximate surface area is 199 Å². The molecular formula is C25H40ClN3O3. The van der Waals surface area contributed by atoms with Gasteiger partial charge in [0.05, 0.1) is 19.8 Å². The number of urea groups is 1. The standard InChI is InChI=1S/C25H39N3O3.ClH/c1-3-9-28(20(2)17-22-4-5-23-8-14-31-24(23)18-22)19-21-6-10-26(11-7-21)25(29)27-12-15-30-16-13-27;/h4-5,18,20-21H,3,6-17,19H2,1-2H3;1H. The third-order valence-electron chi connectivity index (χ3n) is 7.09. The molecule has 0 spiro atoms. The average molecular weight is 466 g/mol. The minimum atomic E-state index is 0. The van der Waals surface area contributed by atoms with Crippen LogP contribution in [0.2, 0.25) is 0 Å².